The number of rotatable bonds is 8. The standard InChI is InChI=1S/C21H25N5O3/c1-27-19-13-18-17(21(24-15-23-18)25-16-4-2-5-22-14-16)12-20(19)29-9-3-6-26-7-10-28-11-8-26/h2,4-5,12-15H,3,6-11H2,1H3,(H,23,24,25). The Morgan fingerprint density at radius 1 is 1.17 bits per heavy atom. The van der Waals surface area contributed by atoms with E-state index in [2.05, 4.69) is 25.2 Å². The molecule has 8 nitrogen and oxygen atoms in total. The van der Waals surface area contributed by atoms with Gasteiger partial charge in [0.15, 0.2) is 11.5 Å². The average Bonchev–Trinajstić information content (AvgIpc) is 2.78. The average molecular weight is 395 g/mol. The highest BCUT2D eigenvalue weighted by molar-refractivity contribution is 5.92. The van der Waals surface area contributed by atoms with Crippen molar-refractivity contribution in [2.75, 3.05) is 51.9 Å². The third kappa shape index (κ3) is 4.90. The van der Waals surface area contributed by atoms with E-state index in [0.717, 1.165) is 55.9 Å². The van der Waals surface area contributed by atoms with Crippen LogP contribution in [0.3, 0.4) is 0 Å². The van der Waals surface area contributed by atoms with Gasteiger partial charge in [0.2, 0.25) is 0 Å². The van der Waals surface area contributed by atoms with E-state index in [1.54, 1.807) is 19.5 Å². The lowest BCUT2D eigenvalue weighted by atomic mass is 10.2. The van der Waals surface area contributed by atoms with Crippen LogP contribution in [0.1, 0.15) is 6.42 Å². The van der Waals surface area contributed by atoms with Gasteiger partial charge >= 0.3 is 0 Å². The number of hydrogen-bond acceptors (Lipinski definition) is 8. The maximum absolute atomic E-state index is 6.05. The molecule has 1 fully saturated rings. The van der Waals surface area contributed by atoms with Gasteiger partial charge in [-0.3, -0.25) is 9.88 Å². The fourth-order valence-corrected chi connectivity index (χ4v) is 3.30. The number of hydrogen-bond donors (Lipinski definition) is 1. The van der Waals surface area contributed by atoms with E-state index in [-0.39, 0.29) is 0 Å². The van der Waals surface area contributed by atoms with E-state index in [4.69, 9.17) is 14.2 Å². The highest BCUT2D eigenvalue weighted by atomic mass is 16.5. The Bertz CT molecular complexity index is 932. The molecule has 0 spiro atoms. The first-order valence-corrected chi connectivity index (χ1v) is 9.76. The van der Waals surface area contributed by atoms with Crippen molar-refractivity contribution in [3.63, 3.8) is 0 Å². The number of methoxy groups -OCH3 is 1. The third-order valence-electron chi connectivity index (χ3n) is 4.82. The van der Waals surface area contributed by atoms with Gasteiger partial charge < -0.3 is 19.5 Å². The predicted molar refractivity (Wildman–Crippen MR) is 111 cm³/mol. The smallest absolute Gasteiger partial charge is 0.162 e. The van der Waals surface area contributed by atoms with Gasteiger partial charge in [0.05, 0.1) is 44.3 Å². The second-order valence-electron chi connectivity index (χ2n) is 6.77. The van der Waals surface area contributed by atoms with Gasteiger partial charge in [-0.1, -0.05) is 0 Å². The lowest BCUT2D eigenvalue weighted by Crippen LogP contribution is -2.37. The molecule has 8 heteroatoms. The monoisotopic (exact) mass is 395 g/mol. The van der Waals surface area contributed by atoms with E-state index >= 15 is 0 Å². The van der Waals surface area contributed by atoms with Gasteiger partial charge in [0, 0.05) is 37.3 Å². The summed E-state index contributed by atoms with van der Waals surface area (Å²) in [6, 6.07) is 7.62. The van der Waals surface area contributed by atoms with Crippen LogP contribution < -0.4 is 14.8 Å². The number of anilines is 2. The molecule has 3 heterocycles. The van der Waals surface area contributed by atoms with Gasteiger partial charge in [-0.05, 0) is 24.6 Å². The number of nitrogens with zero attached hydrogens (tertiary/aromatic N) is 4. The van der Waals surface area contributed by atoms with Crippen molar-refractivity contribution < 1.29 is 14.2 Å². The van der Waals surface area contributed by atoms with Gasteiger partial charge in [-0.2, -0.15) is 0 Å². The molecule has 0 saturated carbocycles. The van der Waals surface area contributed by atoms with E-state index in [9.17, 15) is 0 Å². The van der Waals surface area contributed by atoms with Crippen LogP contribution >= 0.6 is 0 Å². The molecule has 3 aromatic rings. The second-order valence-corrected chi connectivity index (χ2v) is 6.77. The van der Waals surface area contributed by atoms with Crippen molar-refractivity contribution in [1.29, 1.82) is 0 Å². The zero-order valence-electron chi connectivity index (χ0n) is 16.5. The van der Waals surface area contributed by atoms with E-state index < -0.39 is 0 Å². The predicted octanol–water partition coefficient (Wildman–Crippen LogP) is 2.88. The highest BCUT2D eigenvalue weighted by Gasteiger charge is 2.13. The highest BCUT2D eigenvalue weighted by Crippen LogP contribution is 2.34. The van der Waals surface area contributed by atoms with Crippen molar-refractivity contribution in [2.24, 2.45) is 0 Å². The topological polar surface area (TPSA) is 81.6 Å². The van der Waals surface area contributed by atoms with Crippen LogP contribution in [0.2, 0.25) is 0 Å². The third-order valence-corrected chi connectivity index (χ3v) is 4.82. The number of fused-ring (bicyclic) bond motifs is 1. The molecule has 0 aliphatic carbocycles. The maximum atomic E-state index is 6.05. The number of pyridine rings is 1. The molecule has 152 valence electrons. The van der Waals surface area contributed by atoms with E-state index in [1.807, 2.05) is 24.3 Å². The first-order valence-electron chi connectivity index (χ1n) is 9.76. The number of ether oxygens (including phenoxy) is 3. The zero-order valence-corrected chi connectivity index (χ0v) is 16.5. The molecule has 2 aromatic heterocycles. The minimum Gasteiger partial charge on any atom is -0.493 e. The molecular weight excluding hydrogens is 370 g/mol. The fraction of sp³-hybridized carbons (Fsp3) is 0.381. The largest absolute Gasteiger partial charge is 0.493 e. The van der Waals surface area contributed by atoms with Crippen LogP contribution in [0.4, 0.5) is 11.5 Å². The Morgan fingerprint density at radius 3 is 2.86 bits per heavy atom. The van der Waals surface area contributed by atoms with Crippen molar-refractivity contribution in [3.8, 4) is 11.5 Å². The normalized spacial score (nSPS) is 14.7. The SMILES string of the molecule is COc1cc2ncnc(Nc3cccnc3)c2cc1OCCCN1CCOCC1. The number of morpholine rings is 1. The van der Waals surface area contributed by atoms with Crippen LogP contribution in [-0.2, 0) is 4.74 Å². The molecule has 0 unspecified atom stereocenters. The Hall–Kier alpha value is -2.97. The lowest BCUT2D eigenvalue weighted by Gasteiger charge is -2.26. The first kappa shape index (κ1) is 19.4. The summed E-state index contributed by atoms with van der Waals surface area (Å²) in [6.07, 6.45) is 5.95. The Kier molecular flexibility index (Phi) is 6.33. The quantitative estimate of drug-likeness (QED) is 0.583. The molecule has 4 rings (SSSR count). The van der Waals surface area contributed by atoms with Crippen molar-refractivity contribution >= 4 is 22.4 Å². The number of nitrogens with one attached hydrogen (secondary N) is 1. The van der Waals surface area contributed by atoms with E-state index in [0.29, 0.717) is 23.9 Å². The number of benzene rings is 1. The van der Waals surface area contributed by atoms with Crippen molar-refractivity contribution in [1.82, 2.24) is 19.9 Å². The Labute approximate surface area is 169 Å². The summed E-state index contributed by atoms with van der Waals surface area (Å²) in [6.45, 7) is 5.20. The van der Waals surface area contributed by atoms with Crippen LogP contribution in [0.5, 0.6) is 11.5 Å². The van der Waals surface area contributed by atoms with Crippen molar-refractivity contribution in [3.05, 3.63) is 43.0 Å². The minimum atomic E-state index is 0.609. The van der Waals surface area contributed by atoms with Gasteiger partial charge in [0.25, 0.3) is 0 Å². The van der Waals surface area contributed by atoms with Crippen LogP contribution in [-0.4, -0.2) is 66.4 Å². The summed E-state index contributed by atoms with van der Waals surface area (Å²) in [4.78, 5) is 15.3. The minimum absolute atomic E-state index is 0.609. The van der Waals surface area contributed by atoms with E-state index in [1.165, 1.54) is 6.33 Å². The molecule has 1 aliphatic heterocycles. The number of aromatic nitrogens is 3. The summed E-state index contributed by atoms with van der Waals surface area (Å²) in [7, 11) is 1.64. The maximum Gasteiger partial charge on any atom is 0.162 e. The van der Waals surface area contributed by atoms with Gasteiger partial charge in [-0.15, -0.1) is 0 Å². The molecule has 0 amide bonds. The lowest BCUT2D eigenvalue weighted by molar-refractivity contribution is 0.0357. The molecular formula is C21H25N5O3. The van der Waals surface area contributed by atoms with Crippen LogP contribution in [0, 0.1) is 0 Å². The molecule has 1 saturated heterocycles. The summed E-state index contributed by atoms with van der Waals surface area (Å²) in [5.41, 5.74) is 1.64. The van der Waals surface area contributed by atoms with Crippen LogP contribution in [0.25, 0.3) is 10.9 Å². The van der Waals surface area contributed by atoms with Crippen LogP contribution in [0.15, 0.2) is 43.0 Å². The summed E-state index contributed by atoms with van der Waals surface area (Å²) < 4.78 is 17.0. The summed E-state index contributed by atoms with van der Waals surface area (Å²) >= 11 is 0. The van der Waals surface area contributed by atoms with Crippen molar-refractivity contribution in [2.45, 2.75) is 6.42 Å². The molecule has 29 heavy (non-hydrogen) atoms. The molecule has 0 radical (unpaired) electrons. The molecule has 0 atom stereocenters. The molecule has 1 N–H and O–H groups in total. The molecule has 1 aliphatic rings. The zero-order chi connectivity index (χ0) is 19.9. The van der Waals surface area contributed by atoms with Gasteiger partial charge in [-0.25, -0.2) is 9.97 Å². The second kappa shape index (κ2) is 9.49. The van der Waals surface area contributed by atoms with Gasteiger partial charge in [0.1, 0.15) is 12.1 Å². The molecule has 0 bridgehead atoms. The molecule has 1 aromatic carbocycles. The summed E-state index contributed by atoms with van der Waals surface area (Å²) in [5, 5.41) is 4.15. The summed E-state index contributed by atoms with van der Waals surface area (Å²) in [5.74, 6) is 2.05. The Morgan fingerprint density at radius 2 is 2.07 bits per heavy atom. The fourth-order valence-electron chi connectivity index (χ4n) is 3.30. The first-order chi connectivity index (χ1) is 14.3. The Balaban J connectivity index is 1.49.